The van der Waals surface area contributed by atoms with Gasteiger partial charge in [-0.1, -0.05) is 11.6 Å². The Labute approximate surface area is 117 Å². The largest absolute Gasteiger partial charge is 0.379 e. The van der Waals surface area contributed by atoms with Crippen molar-refractivity contribution in [2.75, 3.05) is 18.5 Å². The molecule has 1 aromatic rings. The molecule has 1 aromatic carbocycles. The van der Waals surface area contributed by atoms with Crippen molar-refractivity contribution in [3.8, 4) is 0 Å². The second-order valence-electron chi connectivity index (χ2n) is 3.91. The van der Waals surface area contributed by atoms with Crippen LogP contribution in [0.15, 0.2) is 16.6 Å². The Bertz CT molecular complexity index is 467. The van der Waals surface area contributed by atoms with Gasteiger partial charge in [-0.3, -0.25) is 0 Å². The van der Waals surface area contributed by atoms with Gasteiger partial charge in [0.15, 0.2) is 0 Å². The van der Waals surface area contributed by atoms with Gasteiger partial charge in [-0.15, -0.1) is 0 Å². The first-order valence-electron chi connectivity index (χ1n) is 5.36. The zero-order valence-corrected chi connectivity index (χ0v) is 11.6. The van der Waals surface area contributed by atoms with E-state index in [1.807, 2.05) is 0 Å². The van der Waals surface area contributed by atoms with Gasteiger partial charge in [-0.2, -0.15) is 0 Å². The summed E-state index contributed by atoms with van der Waals surface area (Å²) < 4.78 is 18.5. The summed E-state index contributed by atoms with van der Waals surface area (Å²) in [7, 11) is 0. The van der Waals surface area contributed by atoms with E-state index in [1.165, 1.54) is 6.07 Å². The first kappa shape index (κ1) is 13.6. The predicted molar refractivity (Wildman–Crippen MR) is 70.5 cm³/mol. The van der Waals surface area contributed by atoms with Crippen LogP contribution in [-0.2, 0) is 4.74 Å². The Balaban J connectivity index is 2.00. The standard InChI is InChI=1S/C11H11BrClFN2O2/c12-7-3-10(8(13)4-9(7)14)16-11(17)15-6-1-2-18-5-6/h3-4,6H,1-2,5H2,(H2,15,16,17)/t6-/m0/s1. The minimum atomic E-state index is -0.477. The molecule has 2 N–H and O–H groups in total. The van der Waals surface area contributed by atoms with Gasteiger partial charge in [0.25, 0.3) is 0 Å². The molecule has 1 aliphatic rings. The van der Waals surface area contributed by atoms with Crippen LogP contribution in [0.4, 0.5) is 14.9 Å². The van der Waals surface area contributed by atoms with Gasteiger partial charge in [0.2, 0.25) is 0 Å². The lowest BCUT2D eigenvalue weighted by Crippen LogP contribution is -2.38. The highest BCUT2D eigenvalue weighted by atomic mass is 79.9. The summed E-state index contributed by atoms with van der Waals surface area (Å²) in [4.78, 5) is 11.7. The van der Waals surface area contributed by atoms with Gasteiger partial charge in [-0.25, -0.2) is 9.18 Å². The Kier molecular flexibility index (Phi) is 4.42. The van der Waals surface area contributed by atoms with Gasteiger partial charge in [0, 0.05) is 6.61 Å². The van der Waals surface area contributed by atoms with E-state index >= 15 is 0 Å². The summed E-state index contributed by atoms with van der Waals surface area (Å²) in [5, 5.41) is 5.46. The lowest BCUT2D eigenvalue weighted by molar-refractivity contribution is 0.189. The van der Waals surface area contributed by atoms with Crippen molar-refractivity contribution in [3.63, 3.8) is 0 Å². The van der Waals surface area contributed by atoms with Crippen LogP contribution in [0.25, 0.3) is 0 Å². The highest BCUT2D eigenvalue weighted by molar-refractivity contribution is 9.10. The number of benzene rings is 1. The summed E-state index contributed by atoms with van der Waals surface area (Å²) >= 11 is 8.87. The monoisotopic (exact) mass is 336 g/mol. The van der Waals surface area contributed by atoms with Crippen LogP contribution in [-0.4, -0.2) is 25.3 Å². The molecule has 2 amide bonds. The van der Waals surface area contributed by atoms with E-state index < -0.39 is 5.82 Å². The SMILES string of the molecule is O=C(Nc1cc(Br)c(F)cc1Cl)N[C@H]1CCOC1. The zero-order chi connectivity index (χ0) is 13.1. The van der Waals surface area contributed by atoms with Crippen molar-refractivity contribution in [1.29, 1.82) is 0 Å². The highest BCUT2D eigenvalue weighted by Crippen LogP contribution is 2.28. The van der Waals surface area contributed by atoms with E-state index in [9.17, 15) is 9.18 Å². The summed E-state index contributed by atoms with van der Waals surface area (Å²) in [6.45, 7) is 1.15. The molecule has 0 unspecified atom stereocenters. The molecule has 0 bridgehead atoms. The number of anilines is 1. The molecule has 7 heteroatoms. The van der Waals surface area contributed by atoms with Crippen LogP contribution >= 0.6 is 27.5 Å². The normalized spacial score (nSPS) is 18.7. The number of hydrogen-bond acceptors (Lipinski definition) is 2. The number of hydrogen-bond donors (Lipinski definition) is 2. The van der Waals surface area contributed by atoms with Crippen molar-refractivity contribution in [3.05, 3.63) is 27.4 Å². The summed E-state index contributed by atoms with van der Waals surface area (Å²) in [5.41, 5.74) is 0.348. The van der Waals surface area contributed by atoms with Crippen LogP contribution < -0.4 is 10.6 Å². The maximum atomic E-state index is 13.1. The molecule has 1 aliphatic heterocycles. The first-order chi connectivity index (χ1) is 8.56. The summed E-state index contributed by atoms with van der Waals surface area (Å²) in [6, 6.07) is 2.18. The quantitative estimate of drug-likeness (QED) is 0.815. The molecule has 0 aliphatic carbocycles. The minimum absolute atomic E-state index is 0.00710. The lowest BCUT2D eigenvalue weighted by atomic mass is 10.3. The molecule has 1 atom stereocenters. The number of urea groups is 1. The van der Waals surface area contributed by atoms with E-state index in [4.69, 9.17) is 16.3 Å². The average molecular weight is 338 g/mol. The number of rotatable bonds is 2. The maximum absolute atomic E-state index is 13.1. The third-order valence-corrected chi connectivity index (χ3v) is 3.44. The van der Waals surface area contributed by atoms with Crippen LogP contribution in [0.1, 0.15) is 6.42 Å². The Morgan fingerprint density at radius 3 is 3.00 bits per heavy atom. The fourth-order valence-electron chi connectivity index (χ4n) is 1.61. The molecular weight excluding hydrogens is 326 g/mol. The third-order valence-electron chi connectivity index (χ3n) is 2.52. The van der Waals surface area contributed by atoms with Gasteiger partial charge >= 0.3 is 6.03 Å². The molecule has 0 spiro atoms. The van der Waals surface area contributed by atoms with Crippen molar-refractivity contribution >= 4 is 39.2 Å². The molecule has 4 nitrogen and oxygen atoms in total. The van der Waals surface area contributed by atoms with Gasteiger partial charge in [-0.05, 0) is 34.5 Å². The molecule has 0 aromatic heterocycles. The molecular formula is C11H11BrClFN2O2. The molecule has 0 saturated carbocycles. The smallest absolute Gasteiger partial charge is 0.319 e. The van der Waals surface area contributed by atoms with Crippen molar-refractivity contribution in [1.82, 2.24) is 5.32 Å². The molecule has 18 heavy (non-hydrogen) atoms. The van der Waals surface area contributed by atoms with E-state index in [0.29, 0.717) is 18.9 Å². The van der Waals surface area contributed by atoms with Crippen LogP contribution in [0, 0.1) is 5.82 Å². The molecule has 2 rings (SSSR count). The Morgan fingerprint density at radius 2 is 2.33 bits per heavy atom. The third kappa shape index (κ3) is 3.34. The number of amides is 2. The fourth-order valence-corrected chi connectivity index (χ4v) is 2.15. The van der Waals surface area contributed by atoms with Crippen LogP contribution in [0.2, 0.25) is 5.02 Å². The Hall–Kier alpha value is -0.850. The molecule has 1 fully saturated rings. The fraction of sp³-hybridized carbons (Fsp3) is 0.364. The predicted octanol–water partition coefficient (Wildman–Crippen LogP) is 3.15. The second-order valence-corrected chi connectivity index (χ2v) is 5.17. The van der Waals surface area contributed by atoms with Gasteiger partial charge in [0.1, 0.15) is 5.82 Å². The molecule has 1 saturated heterocycles. The summed E-state index contributed by atoms with van der Waals surface area (Å²) in [6.07, 6.45) is 0.786. The van der Waals surface area contributed by atoms with E-state index in [2.05, 4.69) is 26.6 Å². The maximum Gasteiger partial charge on any atom is 0.319 e. The number of carbonyl (C=O) groups is 1. The van der Waals surface area contributed by atoms with Crippen LogP contribution in [0.3, 0.4) is 0 Å². The van der Waals surface area contributed by atoms with Crippen LogP contribution in [0.5, 0.6) is 0 Å². The molecule has 0 radical (unpaired) electrons. The molecule has 98 valence electrons. The topological polar surface area (TPSA) is 50.4 Å². The van der Waals surface area contributed by atoms with E-state index in [0.717, 1.165) is 12.5 Å². The zero-order valence-electron chi connectivity index (χ0n) is 9.30. The van der Waals surface area contributed by atoms with Crippen molar-refractivity contribution < 1.29 is 13.9 Å². The number of carbonyl (C=O) groups excluding carboxylic acids is 1. The summed E-state index contributed by atoms with van der Waals surface area (Å²) in [5.74, 6) is -0.477. The number of nitrogens with one attached hydrogen (secondary N) is 2. The number of halogens is 3. The number of ether oxygens (including phenoxy) is 1. The average Bonchev–Trinajstić information content (AvgIpc) is 2.78. The van der Waals surface area contributed by atoms with Crippen molar-refractivity contribution in [2.45, 2.75) is 12.5 Å². The van der Waals surface area contributed by atoms with E-state index in [1.54, 1.807) is 0 Å². The van der Waals surface area contributed by atoms with Gasteiger partial charge < -0.3 is 15.4 Å². The highest BCUT2D eigenvalue weighted by Gasteiger charge is 2.18. The second kappa shape index (κ2) is 5.86. The lowest BCUT2D eigenvalue weighted by Gasteiger charge is -2.13. The van der Waals surface area contributed by atoms with Crippen molar-refractivity contribution in [2.24, 2.45) is 0 Å². The minimum Gasteiger partial charge on any atom is -0.379 e. The molecule has 1 heterocycles. The Morgan fingerprint density at radius 1 is 1.56 bits per heavy atom. The van der Waals surface area contributed by atoms with Gasteiger partial charge in [0.05, 0.1) is 27.8 Å². The first-order valence-corrected chi connectivity index (χ1v) is 6.53. The van der Waals surface area contributed by atoms with E-state index in [-0.39, 0.29) is 21.6 Å².